The van der Waals surface area contributed by atoms with Crippen molar-refractivity contribution in [3.05, 3.63) is 47.8 Å². The number of aryl methyl sites for hydroxylation is 1. The van der Waals surface area contributed by atoms with Crippen LogP contribution in [0.5, 0.6) is 0 Å². The summed E-state index contributed by atoms with van der Waals surface area (Å²) < 4.78 is 19.1. The van der Waals surface area contributed by atoms with Crippen LogP contribution in [0.2, 0.25) is 0 Å². The highest BCUT2D eigenvalue weighted by molar-refractivity contribution is 5.14. The molecule has 3 heterocycles. The number of methoxy groups -OCH3 is 1. The third-order valence-electron chi connectivity index (χ3n) is 5.24. The van der Waals surface area contributed by atoms with Crippen molar-refractivity contribution in [1.29, 1.82) is 0 Å². The number of nitrogens with zero attached hydrogens (tertiary/aromatic N) is 3. The molecule has 0 aliphatic carbocycles. The van der Waals surface area contributed by atoms with Gasteiger partial charge in [-0.15, -0.1) is 5.10 Å². The molecule has 2 aliphatic rings. The molecule has 7 heteroatoms. The standard InChI is InChI=1S/C19H26N4O3/c1-24-11-15-10-23(22-21-15)17-13-26-18-16(12-25-19(17)18)20-9-5-8-14-6-3-2-4-7-14/h2-4,6-7,10,16-20H,5,8-9,11-13H2,1H3/p+1/t16-,17-,18+,19+/m0/s1. The number of rotatable bonds is 8. The van der Waals surface area contributed by atoms with Crippen molar-refractivity contribution in [2.24, 2.45) is 0 Å². The zero-order valence-corrected chi connectivity index (χ0v) is 15.2. The Kier molecular flexibility index (Phi) is 5.59. The minimum absolute atomic E-state index is 0.0578. The van der Waals surface area contributed by atoms with E-state index in [1.807, 2.05) is 10.9 Å². The van der Waals surface area contributed by atoms with Gasteiger partial charge in [-0.25, -0.2) is 4.68 Å². The van der Waals surface area contributed by atoms with Gasteiger partial charge in [-0.2, -0.15) is 0 Å². The van der Waals surface area contributed by atoms with E-state index in [9.17, 15) is 0 Å². The Labute approximate surface area is 153 Å². The van der Waals surface area contributed by atoms with Crippen LogP contribution in [0.25, 0.3) is 0 Å². The summed E-state index contributed by atoms with van der Waals surface area (Å²) in [6.07, 6.45) is 4.39. The summed E-state index contributed by atoms with van der Waals surface area (Å²) >= 11 is 0. The van der Waals surface area contributed by atoms with Gasteiger partial charge in [0.1, 0.15) is 36.6 Å². The van der Waals surface area contributed by atoms with Crippen molar-refractivity contribution in [2.45, 2.75) is 43.7 Å². The monoisotopic (exact) mass is 359 g/mol. The highest BCUT2D eigenvalue weighted by atomic mass is 16.6. The SMILES string of the molecule is COCc1cn([C@H]2CO[C@H]3[C@@H]2OC[C@@H]3[NH2+]CCCc2ccccc2)nn1. The van der Waals surface area contributed by atoms with Crippen molar-refractivity contribution >= 4 is 0 Å². The lowest BCUT2D eigenvalue weighted by molar-refractivity contribution is -0.693. The van der Waals surface area contributed by atoms with Gasteiger partial charge in [0.2, 0.25) is 0 Å². The first-order valence-corrected chi connectivity index (χ1v) is 9.35. The van der Waals surface area contributed by atoms with E-state index in [0.717, 1.165) is 31.7 Å². The normalized spacial score (nSPS) is 27.7. The molecule has 26 heavy (non-hydrogen) atoms. The van der Waals surface area contributed by atoms with Crippen molar-refractivity contribution < 1.29 is 19.5 Å². The molecule has 2 fully saturated rings. The largest absolute Gasteiger partial charge is 0.378 e. The molecule has 140 valence electrons. The van der Waals surface area contributed by atoms with Gasteiger partial charge in [-0.1, -0.05) is 35.5 Å². The summed E-state index contributed by atoms with van der Waals surface area (Å²) in [5.41, 5.74) is 2.23. The summed E-state index contributed by atoms with van der Waals surface area (Å²) in [4.78, 5) is 0. The van der Waals surface area contributed by atoms with E-state index in [1.165, 1.54) is 5.56 Å². The number of ether oxygens (including phenoxy) is 3. The van der Waals surface area contributed by atoms with Gasteiger partial charge in [-0.3, -0.25) is 0 Å². The molecule has 1 aromatic carbocycles. The minimum Gasteiger partial charge on any atom is -0.378 e. The quantitative estimate of drug-likeness (QED) is 0.688. The molecule has 2 aliphatic heterocycles. The highest BCUT2D eigenvalue weighted by Gasteiger charge is 2.50. The molecule has 1 aromatic heterocycles. The molecule has 2 N–H and O–H groups in total. The molecule has 0 radical (unpaired) electrons. The van der Waals surface area contributed by atoms with E-state index in [4.69, 9.17) is 14.2 Å². The summed E-state index contributed by atoms with van der Waals surface area (Å²) in [6.45, 7) is 2.91. The number of aromatic nitrogens is 3. The van der Waals surface area contributed by atoms with Crippen molar-refractivity contribution in [3.8, 4) is 0 Å². The second-order valence-electron chi connectivity index (χ2n) is 7.06. The molecule has 7 nitrogen and oxygen atoms in total. The fourth-order valence-electron chi connectivity index (χ4n) is 3.91. The number of benzene rings is 1. The topological polar surface area (TPSA) is 75.0 Å². The highest BCUT2D eigenvalue weighted by Crippen LogP contribution is 2.32. The molecular weight excluding hydrogens is 332 g/mol. The first-order valence-electron chi connectivity index (χ1n) is 9.35. The van der Waals surface area contributed by atoms with E-state index in [-0.39, 0.29) is 18.2 Å². The smallest absolute Gasteiger partial charge is 0.140 e. The van der Waals surface area contributed by atoms with E-state index in [2.05, 4.69) is 46.0 Å². The van der Waals surface area contributed by atoms with E-state index in [0.29, 0.717) is 19.3 Å². The van der Waals surface area contributed by atoms with Crippen LogP contribution in [0, 0.1) is 0 Å². The maximum Gasteiger partial charge on any atom is 0.140 e. The average Bonchev–Trinajstić information content (AvgIpc) is 3.37. The van der Waals surface area contributed by atoms with Gasteiger partial charge in [0.25, 0.3) is 0 Å². The van der Waals surface area contributed by atoms with E-state index < -0.39 is 0 Å². The van der Waals surface area contributed by atoms with Crippen molar-refractivity contribution in [1.82, 2.24) is 15.0 Å². The van der Waals surface area contributed by atoms with Gasteiger partial charge in [0.05, 0.1) is 26.0 Å². The molecule has 0 saturated carbocycles. The second kappa shape index (κ2) is 8.26. The Morgan fingerprint density at radius 3 is 2.88 bits per heavy atom. The minimum atomic E-state index is 0.0578. The third-order valence-corrected chi connectivity index (χ3v) is 5.24. The van der Waals surface area contributed by atoms with E-state index in [1.54, 1.807) is 7.11 Å². The van der Waals surface area contributed by atoms with E-state index >= 15 is 0 Å². The van der Waals surface area contributed by atoms with Crippen molar-refractivity contribution in [3.63, 3.8) is 0 Å². The molecule has 0 unspecified atom stereocenters. The van der Waals surface area contributed by atoms with Crippen LogP contribution in [-0.4, -0.2) is 60.1 Å². The molecule has 0 amide bonds. The predicted octanol–water partition coefficient (Wildman–Crippen LogP) is 0.328. The average molecular weight is 359 g/mol. The first kappa shape index (κ1) is 17.6. The van der Waals surface area contributed by atoms with Crippen LogP contribution in [0.3, 0.4) is 0 Å². The van der Waals surface area contributed by atoms with Gasteiger partial charge in [0.15, 0.2) is 0 Å². The summed E-state index contributed by atoms with van der Waals surface area (Å²) in [6, 6.07) is 11.1. The summed E-state index contributed by atoms with van der Waals surface area (Å²) in [5, 5.41) is 10.8. The lowest BCUT2D eigenvalue weighted by atomic mass is 10.1. The second-order valence-corrected chi connectivity index (χ2v) is 7.06. The lowest BCUT2D eigenvalue weighted by Crippen LogP contribution is -2.92. The Hall–Kier alpha value is -1.80. The van der Waals surface area contributed by atoms with Crippen LogP contribution in [0.1, 0.15) is 23.7 Å². The molecule has 4 rings (SSSR count). The van der Waals surface area contributed by atoms with Crippen LogP contribution in [0.15, 0.2) is 36.5 Å². The zero-order chi connectivity index (χ0) is 17.8. The summed E-state index contributed by atoms with van der Waals surface area (Å²) in [5.74, 6) is 0. The van der Waals surface area contributed by atoms with Crippen LogP contribution >= 0.6 is 0 Å². The van der Waals surface area contributed by atoms with Crippen LogP contribution in [0.4, 0.5) is 0 Å². The molecule has 2 saturated heterocycles. The predicted molar refractivity (Wildman–Crippen MR) is 94.6 cm³/mol. The Balaban J connectivity index is 1.26. The Bertz CT molecular complexity index is 693. The van der Waals surface area contributed by atoms with Gasteiger partial charge >= 0.3 is 0 Å². The molecular formula is C19H27N4O3+. The fraction of sp³-hybridized carbons (Fsp3) is 0.579. The number of quaternary nitrogens is 1. The number of fused-ring (bicyclic) bond motifs is 1. The lowest BCUT2D eigenvalue weighted by Gasteiger charge is -2.15. The van der Waals surface area contributed by atoms with Crippen LogP contribution in [-0.2, 0) is 27.2 Å². The Morgan fingerprint density at radius 2 is 2.04 bits per heavy atom. The van der Waals surface area contributed by atoms with Gasteiger partial charge in [0, 0.05) is 13.5 Å². The van der Waals surface area contributed by atoms with Crippen LogP contribution < -0.4 is 5.32 Å². The summed E-state index contributed by atoms with van der Waals surface area (Å²) in [7, 11) is 1.66. The maximum atomic E-state index is 6.06. The van der Waals surface area contributed by atoms with Gasteiger partial charge < -0.3 is 19.5 Å². The number of hydrogen-bond acceptors (Lipinski definition) is 5. The van der Waals surface area contributed by atoms with Gasteiger partial charge in [-0.05, 0) is 12.0 Å². The first-order chi connectivity index (χ1) is 12.8. The number of nitrogens with two attached hydrogens (primary N) is 1. The zero-order valence-electron chi connectivity index (χ0n) is 15.2. The third kappa shape index (κ3) is 3.81. The number of hydrogen-bond donors (Lipinski definition) is 1. The molecule has 4 atom stereocenters. The molecule has 2 aromatic rings. The maximum absolute atomic E-state index is 6.06. The molecule has 0 bridgehead atoms. The fourth-order valence-corrected chi connectivity index (χ4v) is 3.91. The molecule has 0 spiro atoms. The van der Waals surface area contributed by atoms with Crippen molar-refractivity contribution in [2.75, 3.05) is 26.9 Å². The Morgan fingerprint density at radius 1 is 1.19 bits per heavy atom.